The zero-order valence-electron chi connectivity index (χ0n) is 18.1. The maximum atomic E-state index is 12.8. The molecule has 0 aromatic heterocycles. The minimum absolute atomic E-state index is 0.00312. The molecule has 1 amide bonds. The number of benzene rings is 2. The largest absolute Gasteiger partial charge is 0.348 e. The van der Waals surface area contributed by atoms with Crippen molar-refractivity contribution in [3.63, 3.8) is 0 Å². The molecule has 0 atom stereocenters. The summed E-state index contributed by atoms with van der Waals surface area (Å²) < 4.78 is 27.0. The van der Waals surface area contributed by atoms with E-state index in [1.807, 2.05) is 7.05 Å². The molecule has 2 aromatic rings. The fourth-order valence-corrected chi connectivity index (χ4v) is 4.86. The number of nitrogens with zero attached hydrogens (tertiary/aromatic N) is 4. The van der Waals surface area contributed by atoms with Crippen LogP contribution in [-0.4, -0.2) is 66.6 Å². The summed E-state index contributed by atoms with van der Waals surface area (Å²) in [6.45, 7) is 3.37. The average molecular weight is 477 g/mol. The predicted octanol–water partition coefficient (Wildman–Crippen LogP) is 1.68. The van der Waals surface area contributed by atoms with Gasteiger partial charge in [0.25, 0.3) is 17.3 Å². The Morgan fingerprint density at radius 3 is 2.00 bits per heavy atom. The molecule has 13 heteroatoms. The van der Waals surface area contributed by atoms with E-state index in [0.717, 1.165) is 12.1 Å². The fraction of sp³-hybridized carbons (Fsp3) is 0.350. The number of hydrogen-bond acceptors (Lipinski definition) is 8. The molecule has 0 unspecified atom stereocenters. The van der Waals surface area contributed by atoms with Crippen LogP contribution in [0.3, 0.4) is 0 Å². The molecule has 0 saturated carbocycles. The molecule has 3 rings (SSSR count). The SMILES string of the molecule is Cc1c([N+](=O)[O-])cc(C(=O)NCc2ccc(S(=O)(=O)N3CCN(C)CC3)cc2)cc1[N+](=O)[O-]. The van der Waals surface area contributed by atoms with Gasteiger partial charge in [0.05, 0.1) is 20.3 Å². The van der Waals surface area contributed by atoms with E-state index in [0.29, 0.717) is 31.7 Å². The molecule has 33 heavy (non-hydrogen) atoms. The normalized spacial score (nSPS) is 15.2. The van der Waals surface area contributed by atoms with Gasteiger partial charge in [-0.05, 0) is 31.7 Å². The fourth-order valence-electron chi connectivity index (χ4n) is 3.44. The molecule has 12 nitrogen and oxygen atoms in total. The van der Waals surface area contributed by atoms with Crippen molar-refractivity contribution < 1.29 is 23.1 Å². The Bertz CT molecular complexity index is 1150. The predicted molar refractivity (Wildman–Crippen MR) is 118 cm³/mol. The summed E-state index contributed by atoms with van der Waals surface area (Å²) in [5, 5.41) is 24.9. The zero-order chi connectivity index (χ0) is 24.3. The first-order chi connectivity index (χ1) is 15.5. The van der Waals surface area contributed by atoms with Crippen LogP contribution in [0.5, 0.6) is 0 Å². The molecule has 0 radical (unpaired) electrons. The molecule has 1 fully saturated rings. The average Bonchev–Trinajstić information content (AvgIpc) is 2.77. The second kappa shape index (κ2) is 9.60. The molecule has 0 aliphatic carbocycles. The van der Waals surface area contributed by atoms with E-state index in [1.165, 1.54) is 23.4 Å². The van der Waals surface area contributed by atoms with Gasteiger partial charge in [0.2, 0.25) is 10.0 Å². The van der Waals surface area contributed by atoms with E-state index >= 15 is 0 Å². The highest BCUT2D eigenvalue weighted by Crippen LogP contribution is 2.29. The minimum Gasteiger partial charge on any atom is -0.348 e. The van der Waals surface area contributed by atoms with Gasteiger partial charge in [-0.1, -0.05) is 12.1 Å². The number of nitro groups is 2. The monoisotopic (exact) mass is 477 g/mol. The summed E-state index contributed by atoms with van der Waals surface area (Å²) in [6.07, 6.45) is 0. The van der Waals surface area contributed by atoms with Crippen molar-refractivity contribution >= 4 is 27.3 Å². The summed E-state index contributed by atoms with van der Waals surface area (Å²) in [6, 6.07) is 8.01. The van der Waals surface area contributed by atoms with E-state index in [9.17, 15) is 33.4 Å². The first-order valence-electron chi connectivity index (χ1n) is 10.00. The van der Waals surface area contributed by atoms with E-state index < -0.39 is 37.2 Å². The Morgan fingerprint density at radius 2 is 1.52 bits per heavy atom. The Morgan fingerprint density at radius 1 is 1.00 bits per heavy atom. The molecule has 1 saturated heterocycles. The van der Waals surface area contributed by atoms with Crippen molar-refractivity contribution in [2.24, 2.45) is 0 Å². The van der Waals surface area contributed by atoms with Gasteiger partial charge in [-0.2, -0.15) is 4.31 Å². The lowest BCUT2D eigenvalue weighted by Crippen LogP contribution is -2.47. The van der Waals surface area contributed by atoms with E-state index in [4.69, 9.17) is 0 Å². The number of carbonyl (C=O) groups excluding carboxylic acids is 1. The first-order valence-corrected chi connectivity index (χ1v) is 11.4. The van der Waals surface area contributed by atoms with Crippen LogP contribution < -0.4 is 5.32 Å². The molecular weight excluding hydrogens is 454 g/mol. The topological polar surface area (TPSA) is 156 Å². The lowest BCUT2D eigenvalue weighted by molar-refractivity contribution is -0.395. The maximum Gasteiger partial charge on any atom is 0.279 e. The Kier molecular flexibility index (Phi) is 7.05. The summed E-state index contributed by atoms with van der Waals surface area (Å²) in [5.41, 5.74) is -0.801. The zero-order valence-corrected chi connectivity index (χ0v) is 18.9. The summed E-state index contributed by atoms with van der Waals surface area (Å²) >= 11 is 0. The number of sulfonamides is 1. The van der Waals surface area contributed by atoms with Crippen LogP contribution in [0.15, 0.2) is 41.3 Å². The number of nitro benzene ring substituents is 2. The van der Waals surface area contributed by atoms with Crippen molar-refractivity contribution in [2.45, 2.75) is 18.4 Å². The second-order valence-corrected chi connectivity index (χ2v) is 9.63. The molecule has 176 valence electrons. The van der Waals surface area contributed by atoms with Gasteiger partial charge in [-0.3, -0.25) is 25.0 Å². The lowest BCUT2D eigenvalue weighted by atomic mass is 10.1. The van der Waals surface area contributed by atoms with Crippen molar-refractivity contribution in [1.29, 1.82) is 0 Å². The molecule has 1 aliphatic heterocycles. The second-order valence-electron chi connectivity index (χ2n) is 7.69. The third-order valence-electron chi connectivity index (χ3n) is 5.48. The Balaban J connectivity index is 1.71. The molecule has 0 spiro atoms. The summed E-state index contributed by atoms with van der Waals surface area (Å²) in [4.78, 5) is 35.5. The van der Waals surface area contributed by atoms with Crippen LogP contribution >= 0.6 is 0 Å². The number of amides is 1. The quantitative estimate of drug-likeness (QED) is 0.466. The number of likely N-dealkylation sites (N-methyl/N-ethyl adjacent to an activating group) is 1. The van der Waals surface area contributed by atoms with Gasteiger partial charge >= 0.3 is 0 Å². The minimum atomic E-state index is -3.61. The molecule has 1 aliphatic rings. The van der Waals surface area contributed by atoms with Gasteiger partial charge in [0.15, 0.2) is 0 Å². The third-order valence-corrected chi connectivity index (χ3v) is 7.40. The summed E-state index contributed by atoms with van der Waals surface area (Å²) in [5.74, 6) is -0.727. The Labute approximate surface area is 190 Å². The van der Waals surface area contributed by atoms with Gasteiger partial charge < -0.3 is 10.2 Å². The van der Waals surface area contributed by atoms with Gasteiger partial charge in [0, 0.05) is 44.9 Å². The first kappa shape index (κ1) is 24.2. The van der Waals surface area contributed by atoms with Gasteiger partial charge in [-0.25, -0.2) is 8.42 Å². The standard InChI is InChI=1S/C20H23N5O7S/c1-14-18(24(27)28)11-16(12-19(14)25(29)30)20(26)21-13-15-3-5-17(6-4-15)33(31,32)23-9-7-22(2)8-10-23/h3-6,11-12H,7-10,13H2,1-2H3,(H,21,26). The molecular formula is C20H23N5O7S. The number of piperazine rings is 1. The number of nitrogens with one attached hydrogen (secondary N) is 1. The van der Waals surface area contributed by atoms with Crippen LogP contribution in [0.1, 0.15) is 21.5 Å². The highest BCUT2D eigenvalue weighted by Gasteiger charge is 2.28. The van der Waals surface area contributed by atoms with Crippen LogP contribution in [-0.2, 0) is 16.6 Å². The van der Waals surface area contributed by atoms with E-state index in [2.05, 4.69) is 10.2 Å². The lowest BCUT2D eigenvalue weighted by Gasteiger charge is -2.31. The van der Waals surface area contributed by atoms with E-state index in [-0.39, 0.29) is 22.6 Å². The number of rotatable bonds is 7. The van der Waals surface area contributed by atoms with Crippen LogP contribution in [0, 0.1) is 27.2 Å². The van der Waals surface area contributed by atoms with Crippen molar-refractivity contribution in [1.82, 2.24) is 14.5 Å². The number of carbonyl (C=O) groups is 1. The summed E-state index contributed by atoms with van der Waals surface area (Å²) in [7, 11) is -1.68. The van der Waals surface area contributed by atoms with Crippen molar-refractivity contribution in [3.05, 3.63) is 73.3 Å². The Hall–Kier alpha value is -3.42. The van der Waals surface area contributed by atoms with E-state index in [1.54, 1.807) is 12.1 Å². The molecule has 1 N–H and O–H groups in total. The van der Waals surface area contributed by atoms with Crippen molar-refractivity contribution in [2.75, 3.05) is 33.2 Å². The van der Waals surface area contributed by atoms with Crippen LogP contribution in [0.2, 0.25) is 0 Å². The van der Waals surface area contributed by atoms with Gasteiger partial charge in [0.1, 0.15) is 5.56 Å². The van der Waals surface area contributed by atoms with Gasteiger partial charge in [-0.15, -0.1) is 0 Å². The smallest absolute Gasteiger partial charge is 0.279 e. The third kappa shape index (κ3) is 5.32. The molecule has 2 aromatic carbocycles. The highest BCUT2D eigenvalue weighted by molar-refractivity contribution is 7.89. The van der Waals surface area contributed by atoms with Crippen molar-refractivity contribution in [3.8, 4) is 0 Å². The molecule has 1 heterocycles. The molecule has 0 bridgehead atoms. The number of hydrogen-bond donors (Lipinski definition) is 1. The van der Waals surface area contributed by atoms with Crippen LogP contribution in [0.4, 0.5) is 11.4 Å². The van der Waals surface area contributed by atoms with Crippen LogP contribution in [0.25, 0.3) is 0 Å². The maximum absolute atomic E-state index is 12.8. The highest BCUT2D eigenvalue weighted by atomic mass is 32.2.